The van der Waals surface area contributed by atoms with E-state index < -0.39 is 78.5 Å². The zero-order valence-electron chi connectivity index (χ0n) is 40.0. The molecule has 13 nitrogen and oxygen atoms in total. The number of carbonyl (C=O) groups is 1. The van der Waals surface area contributed by atoms with Crippen molar-refractivity contribution < 1.29 is 57.0 Å². The highest BCUT2D eigenvalue weighted by Gasteiger charge is 2.48. The molecule has 0 aromatic carbocycles. The fraction of sp³-hybridized carbons (Fsp3) is 0.860. The minimum atomic E-state index is -5.11. The first-order valence-corrected chi connectivity index (χ1v) is 26.8. The number of hydrogen-bond acceptors (Lipinski definition) is 11. The fourth-order valence-corrected chi connectivity index (χ4v) is 8.48. The third kappa shape index (κ3) is 32.1. The van der Waals surface area contributed by atoms with Crippen molar-refractivity contribution in [1.29, 1.82) is 0 Å². The number of nitrogens with one attached hydrogen (secondary N) is 1. The maximum absolute atomic E-state index is 12.9. The summed E-state index contributed by atoms with van der Waals surface area (Å²) >= 11 is 0. The van der Waals surface area contributed by atoms with Crippen LogP contribution >= 0.6 is 0 Å². The summed E-state index contributed by atoms with van der Waals surface area (Å²) in [6.07, 6.45) is 38.3. The molecular formula is C50H93NO12S. The average molecular weight is 932 g/mol. The quantitative estimate of drug-likeness (QED) is 0.0173. The minimum absolute atomic E-state index is 0.241. The van der Waals surface area contributed by atoms with Crippen molar-refractivity contribution in [1.82, 2.24) is 5.32 Å². The van der Waals surface area contributed by atoms with E-state index in [1.54, 1.807) is 6.08 Å². The lowest BCUT2D eigenvalue weighted by Gasteiger charge is -2.41. The molecule has 64 heavy (non-hydrogen) atoms. The number of aliphatic hydroxyl groups is 5. The normalized spacial score (nSPS) is 21.0. The average Bonchev–Trinajstić information content (AvgIpc) is 3.27. The second kappa shape index (κ2) is 40.4. The monoisotopic (exact) mass is 932 g/mol. The SMILES string of the molecule is CCC/C=C/C(O)C(COC1OC(CO)C(O)C(OS(=O)(=O)O)C1O)NC(=O)C(O)CCCCCCCCCCCCCCCCCC/C=C\C/C=C\CCCCCCCCCCC. The molecule has 0 aromatic rings. The third-order valence-corrected chi connectivity index (χ3v) is 12.5. The third-order valence-electron chi connectivity index (χ3n) is 12.0. The van der Waals surface area contributed by atoms with Crippen LogP contribution < -0.4 is 5.32 Å². The molecule has 1 aliphatic rings. The number of allylic oxidation sites excluding steroid dienone is 5. The summed E-state index contributed by atoms with van der Waals surface area (Å²) < 4.78 is 47.1. The predicted molar refractivity (Wildman–Crippen MR) is 256 cm³/mol. The highest BCUT2D eigenvalue weighted by Crippen LogP contribution is 2.26. The van der Waals surface area contributed by atoms with E-state index >= 15 is 0 Å². The number of ether oxygens (including phenoxy) is 2. The van der Waals surface area contributed by atoms with Gasteiger partial charge in [-0.05, 0) is 44.9 Å². The van der Waals surface area contributed by atoms with E-state index in [4.69, 9.17) is 14.0 Å². The summed E-state index contributed by atoms with van der Waals surface area (Å²) in [5.74, 6) is -0.713. The van der Waals surface area contributed by atoms with Crippen LogP contribution in [0.15, 0.2) is 36.5 Å². The first-order valence-electron chi connectivity index (χ1n) is 25.5. The van der Waals surface area contributed by atoms with E-state index in [1.165, 1.54) is 154 Å². The lowest BCUT2D eigenvalue weighted by Crippen LogP contribution is -2.61. The topological polar surface area (TPSA) is 212 Å². The highest BCUT2D eigenvalue weighted by molar-refractivity contribution is 7.80. The predicted octanol–water partition coefficient (Wildman–Crippen LogP) is 9.64. The smallest absolute Gasteiger partial charge is 0.394 e. The van der Waals surface area contributed by atoms with Gasteiger partial charge in [0.2, 0.25) is 5.91 Å². The van der Waals surface area contributed by atoms with Gasteiger partial charge >= 0.3 is 10.4 Å². The van der Waals surface area contributed by atoms with Crippen LogP contribution in [0.4, 0.5) is 0 Å². The second-order valence-electron chi connectivity index (χ2n) is 17.9. The molecule has 1 heterocycles. The Hall–Kier alpha value is -1.72. The minimum Gasteiger partial charge on any atom is -0.394 e. The Balaban J connectivity index is 2.11. The molecule has 1 fully saturated rings. The van der Waals surface area contributed by atoms with E-state index in [0.29, 0.717) is 12.8 Å². The van der Waals surface area contributed by atoms with Gasteiger partial charge in [-0.15, -0.1) is 0 Å². The molecule has 0 aliphatic carbocycles. The number of rotatable bonds is 43. The Bertz CT molecular complexity index is 1300. The highest BCUT2D eigenvalue weighted by atomic mass is 32.3. The standard InChI is InChI=1S/C50H93NO12S/c1-3-5-7-8-9-10-11-12-13-14-15-16-17-18-19-20-21-22-23-24-25-26-27-28-29-30-31-32-33-34-35-37-39-44(54)49(57)51-42(43(53)38-36-6-4-2)41-61-50-47(56)48(63-64(58,59)60)46(55)45(40-52)62-50/h15-16,18-19,36,38,42-48,50,52-56H,3-14,17,20-35,37,39-41H2,1-2H3,(H,51,57)(H,58,59,60)/b16-15-,19-18-,38-36+. The van der Waals surface area contributed by atoms with Crippen LogP contribution in [0.3, 0.4) is 0 Å². The second-order valence-corrected chi connectivity index (χ2v) is 18.9. The van der Waals surface area contributed by atoms with E-state index in [0.717, 1.165) is 32.1 Å². The van der Waals surface area contributed by atoms with Crippen molar-refractivity contribution in [2.24, 2.45) is 0 Å². The van der Waals surface area contributed by atoms with E-state index in [9.17, 15) is 38.7 Å². The molecule has 14 heteroatoms. The summed E-state index contributed by atoms with van der Waals surface area (Å²) in [6.45, 7) is 2.96. The lowest BCUT2D eigenvalue weighted by atomic mass is 9.99. The van der Waals surface area contributed by atoms with Gasteiger partial charge in [0, 0.05) is 0 Å². The molecule has 1 amide bonds. The van der Waals surface area contributed by atoms with Crippen LogP contribution in [0.25, 0.3) is 0 Å². The Labute approximate surface area is 388 Å². The number of unbranched alkanes of at least 4 members (excludes halogenated alkanes) is 26. The van der Waals surface area contributed by atoms with Crippen molar-refractivity contribution >= 4 is 16.3 Å². The van der Waals surface area contributed by atoms with Gasteiger partial charge in [0.25, 0.3) is 0 Å². The summed E-state index contributed by atoms with van der Waals surface area (Å²) in [4.78, 5) is 12.9. The zero-order chi connectivity index (χ0) is 47.1. The summed E-state index contributed by atoms with van der Waals surface area (Å²) in [6, 6.07) is -1.11. The molecule has 1 rings (SSSR count). The van der Waals surface area contributed by atoms with Crippen molar-refractivity contribution in [3.05, 3.63) is 36.5 Å². The number of amides is 1. The van der Waals surface area contributed by atoms with Gasteiger partial charge in [-0.2, -0.15) is 8.42 Å². The Morgan fingerprint density at radius 3 is 1.56 bits per heavy atom. The van der Waals surface area contributed by atoms with Crippen LogP contribution in [0, 0.1) is 0 Å². The van der Waals surface area contributed by atoms with Crippen molar-refractivity contribution in [3.63, 3.8) is 0 Å². The Morgan fingerprint density at radius 1 is 0.641 bits per heavy atom. The van der Waals surface area contributed by atoms with Gasteiger partial charge in [-0.1, -0.05) is 204 Å². The first-order chi connectivity index (χ1) is 30.9. The molecule has 0 aromatic heterocycles. The molecule has 8 atom stereocenters. The number of carbonyl (C=O) groups excluding carboxylic acids is 1. The molecule has 8 unspecified atom stereocenters. The maximum atomic E-state index is 12.9. The van der Waals surface area contributed by atoms with Gasteiger partial charge in [0.1, 0.15) is 30.5 Å². The molecule has 0 spiro atoms. The van der Waals surface area contributed by atoms with Crippen LogP contribution in [-0.4, -0.2) is 107 Å². The Kier molecular flexibility index (Phi) is 38.0. The molecule has 0 saturated carbocycles. The molecule has 0 bridgehead atoms. The maximum Gasteiger partial charge on any atom is 0.397 e. The van der Waals surface area contributed by atoms with Gasteiger partial charge in [-0.3, -0.25) is 9.35 Å². The van der Waals surface area contributed by atoms with Gasteiger partial charge in [0.15, 0.2) is 6.29 Å². The van der Waals surface area contributed by atoms with Crippen LogP contribution in [0.1, 0.15) is 213 Å². The molecule has 1 aliphatic heterocycles. The van der Waals surface area contributed by atoms with Crippen molar-refractivity contribution in [2.75, 3.05) is 13.2 Å². The van der Waals surface area contributed by atoms with E-state index in [2.05, 4.69) is 40.7 Å². The van der Waals surface area contributed by atoms with Crippen LogP contribution in [0.2, 0.25) is 0 Å². The Morgan fingerprint density at radius 2 is 1.11 bits per heavy atom. The molecule has 7 N–H and O–H groups in total. The number of hydrogen-bond donors (Lipinski definition) is 7. The first kappa shape index (κ1) is 60.3. The number of aliphatic hydroxyl groups excluding tert-OH is 5. The molecule has 376 valence electrons. The summed E-state index contributed by atoms with van der Waals surface area (Å²) in [5.41, 5.74) is 0. The summed E-state index contributed by atoms with van der Waals surface area (Å²) in [5, 5.41) is 54.5. The van der Waals surface area contributed by atoms with Gasteiger partial charge in [-0.25, -0.2) is 4.18 Å². The van der Waals surface area contributed by atoms with Gasteiger partial charge < -0.3 is 40.3 Å². The van der Waals surface area contributed by atoms with E-state index in [-0.39, 0.29) is 6.42 Å². The zero-order valence-corrected chi connectivity index (χ0v) is 40.8. The molecular weight excluding hydrogens is 839 g/mol. The largest absolute Gasteiger partial charge is 0.397 e. The fourth-order valence-electron chi connectivity index (χ4n) is 7.97. The van der Waals surface area contributed by atoms with Gasteiger partial charge in [0.05, 0.1) is 25.4 Å². The van der Waals surface area contributed by atoms with E-state index in [1.807, 2.05) is 6.92 Å². The van der Waals surface area contributed by atoms with Crippen molar-refractivity contribution in [2.45, 2.75) is 262 Å². The molecule has 1 saturated heterocycles. The lowest BCUT2D eigenvalue weighted by molar-refractivity contribution is -0.298. The van der Waals surface area contributed by atoms with Crippen LogP contribution in [-0.2, 0) is 28.9 Å². The summed E-state index contributed by atoms with van der Waals surface area (Å²) in [7, 11) is -5.11. The van der Waals surface area contributed by atoms with Crippen molar-refractivity contribution in [3.8, 4) is 0 Å². The molecule has 0 radical (unpaired) electrons. The van der Waals surface area contributed by atoms with Crippen LogP contribution in [0.5, 0.6) is 0 Å².